The number of halogens is 1. The first kappa shape index (κ1) is 30.5. The second-order valence-electron chi connectivity index (χ2n) is 11.0. The first-order valence-corrected chi connectivity index (χ1v) is 13.7. The number of carbonyl (C=O) groups is 4. The Balaban J connectivity index is 1.66. The van der Waals surface area contributed by atoms with Crippen LogP contribution in [0.15, 0.2) is 18.2 Å². The van der Waals surface area contributed by atoms with Gasteiger partial charge < -0.3 is 39.6 Å². The van der Waals surface area contributed by atoms with Crippen molar-refractivity contribution in [2.75, 3.05) is 14.2 Å². The number of aliphatic hydroxyl groups is 1. The number of fused-ring (bicyclic) bond motifs is 3. The van der Waals surface area contributed by atoms with E-state index in [2.05, 4.69) is 5.32 Å². The van der Waals surface area contributed by atoms with Crippen LogP contribution in [0.1, 0.15) is 76.3 Å². The summed E-state index contributed by atoms with van der Waals surface area (Å²) >= 11 is 0. The van der Waals surface area contributed by atoms with Gasteiger partial charge in [-0.1, -0.05) is 12.1 Å². The monoisotopic (exact) mass is 601 g/mol. The summed E-state index contributed by atoms with van der Waals surface area (Å²) in [5.41, 5.74) is -3.83. The Kier molecular flexibility index (Phi) is 7.80. The molecule has 0 spiro atoms. The highest BCUT2D eigenvalue weighted by Crippen LogP contribution is 2.52. The largest absolute Gasteiger partial charge is 0.507 e. The van der Waals surface area contributed by atoms with Crippen LogP contribution >= 0.6 is 0 Å². The number of ether oxygens (including phenoxy) is 4. The van der Waals surface area contributed by atoms with E-state index in [-0.39, 0.29) is 28.0 Å². The van der Waals surface area contributed by atoms with Crippen LogP contribution in [-0.2, 0) is 30.2 Å². The highest BCUT2D eigenvalue weighted by Gasteiger charge is 2.52. The van der Waals surface area contributed by atoms with E-state index >= 15 is 4.39 Å². The van der Waals surface area contributed by atoms with Crippen molar-refractivity contribution in [3.63, 3.8) is 0 Å². The average Bonchev–Trinajstić information content (AvgIpc) is 2.95. The van der Waals surface area contributed by atoms with Crippen molar-refractivity contribution in [1.82, 2.24) is 5.32 Å². The van der Waals surface area contributed by atoms with Crippen molar-refractivity contribution in [3.8, 4) is 17.2 Å². The molecule has 0 bridgehead atoms. The van der Waals surface area contributed by atoms with Crippen LogP contribution in [0.5, 0.6) is 17.2 Å². The topological polar surface area (TPSA) is 178 Å². The molecule has 1 saturated heterocycles. The Morgan fingerprint density at radius 2 is 1.77 bits per heavy atom. The van der Waals surface area contributed by atoms with Gasteiger partial charge in [0.05, 0.1) is 42.0 Å². The fraction of sp³-hybridized carbons (Fsp3) is 0.467. The van der Waals surface area contributed by atoms with E-state index in [0.29, 0.717) is 0 Å². The van der Waals surface area contributed by atoms with Crippen LogP contribution in [0.25, 0.3) is 0 Å². The Morgan fingerprint density at radius 3 is 2.37 bits per heavy atom. The van der Waals surface area contributed by atoms with E-state index in [1.54, 1.807) is 6.92 Å². The first-order chi connectivity index (χ1) is 20.2. The minimum atomic E-state index is -2.16. The predicted octanol–water partition coefficient (Wildman–Crippen LogP) is 1.81. The fourth-order valence-corrected chi connectivity index (χ4v) is 6.29. The van der Waals surface area contributed by atoms with Crippen LogP contribution in [0, 0.1) is 0 Å². The highest BCUT2D eigenvalue weighted by molar-refractivity contribution is 6.31. The summed E-state index contributed by atoms with van der Waals surface area (Å²) < 4.78 is 38.1. The van der Waals surface area contributed by atoms with Gasteiger partial charge in [0.15, 0.2) is 30.1 Å². The number of hydrogen-bond acceptors (Lipinski definition) is 12. The third-order valence-electron chi connectivity index (χ3n) is 8.45. The van der Waals surface area contributed by atoms with Gasteiger partial charge in [-0.3, -0.25) is 19.2 Å². The molecule has 0 amide bonds. The molecule has 0 aromatic heterocycles. The van der Waals surface area contributed by atoms with E-state index in [1.807, 2.05) is 0 Å². The van der Waals surface area contributed by atoms with Crippen molar-refractivity contribution in [3.05, 3.63) is 51.6 Å². The van der Waals surface area contributed by atoms with Gasteiger partial charge in [0, 0.05) is 36.5 Å². The van der Waals surface area contributed by atoms with Crippen LogP contribution in [-0.4, -0.2) is 89.1 Å². The Labute approximate surface area is 245 Å². The maximum Gasteiger partial charge on any atom is 0.303 e. The third kappa shape index (κ3) is 4.76. The number of methoxy groups -OCH3 is 1. The number of nitrogens with one attached hydrogen (secondary N) is 1. The smallest absolute Gasteiger partial charge is 0.303 e. The first-order valence-electron chi connectivity index (χ1n) is 13.7. The zero-order valence-corrected chi connectivity index (χ0v) is 24.1. The van der Waals surface area contributed by atoms with E-state index in [9.17, 15) is 34.5 Å². The molecule has 13 heteroatoms. The van der Waals surface area contributed by atoms with Gasteiger partial charge in [0.25, 0.3) is 0 Å². The molecule has 2 aliphatic carbocycles. The van der Waals surface area contributed by atoms with Crippen LogP contribution in [0.2, 0.25) is 0 Å². The predicted molar refractivity (Wildman–Crippen MR) is 145 cm³/mol. The molecule has 0 saturated carbocycles. The summed E-state index contributed by atoms with van der Waals surface area (Å²) in [6.45, 7) is 3.82. The van der Waals surface area contributed by atoms with Gasteiger partial charge in [-0.05, 0) is 27.0 Å². The molecule has 7 atom stereocenters. The number of esters is 1. The zero-order chi connectivity index (χ0) is 31.5. The molecular formula is C30H32FNO11. The maximum atomic E-state index is 15.9. The number of aromatic hydroxyl groups is 2. The molecule has 4 N–H and O–H groups in total. The van der Waals surface area contributed by atoms with E-state index in [1.165, 1.54) is 32.4 Å². The minimum absolute atomic E-state index is 0.0670. The van der Waals surface area contributed by atoms with Gasteiger partial charge in [-0.25, -0.2) is 4.39 Å². The molecule has 3 aliphatic rings. The summed E-state index contributed by atoms with van der Waals surface area (Å²) in [5.74, 6) is -4.48. The summed E-state index contributed by atoms with van der Waals surface area (Å²) in [6, 6.07) is 3.57. The molecule has 2 aromatic carbocycles. The van der Waals surface area contributed by atoms with Gasteiger partial charge in [0.1, 0.15) is 22.8 Å². The number of hydrogen-bond donors (Lipinski definition) is 4. The molecule has 12 nitrogen and oxygen atoms in total. The molecule has 7 unspecified atom stereocenters. The quantitative estimate of drug-likeness (QED) is 0.238. The number of alkyl halides is 1. The third-order valence-corrected chi connectivity index (χ3v) is 8.45. The van der Waals surface area contributed by atoms with Crippen LogP contribution in [0.4, 0.5) is 4.39 Å². The minimum Gasteiger partial charge on any atom is -0.507 e. The lowest BCUT2D eigenvalue weighted by molar-refractivity contribution is -0.278. The molecule has 1 fully saturated rings. The summed E-state index contributed by atoms with van der Waals surface area (Å²) in [5, 5.41) is 37.2. The second kappa shape index (κ2) is 11.0. The summed E-state index contributed by atoms with van der Waals surface area (Å²) in [7, 11) is 2.84. The number of ketones is 3. The number of phenolic OH excluding ortho intramolecular Hbond substituents is 2. The summed E-state index contributed by atoms with van der Waals surface area (Å²) in [4.78, 5) is 51.7. The zero-order valence-electron chi connectivity index (χ0n) is 24.1. The van der Waals surface area contributed by atoms with Crippen molar-refractivity contribution >= 4 is 23.3 Å². The van der Waals surface area contributed by atoms with Crippen molar-refractivity contribution < 1.29 is 57.8 Å². The highest BCUT2D eigenvalue weighted by atomic mass is 19.1. The van der Waals surface area contributed by atoms with Gasteiger partial charge in [-0.2, -0.15) is 0 Å². The molecular weight excluding hydrogens is 569 g/mol. The van der Waals surface area contributed by atoms with Crippen LogP contribution < -0.4 is 10.1 Å². The number of Topliss-reactive ketones (excluding diaryl/α,β-unsaturated/α-hetero) is 1. The number of carbonyl (C=O) groups excluding carboxylic acids is 4. The van der Waals surface area contributed by atoms with E-state index in [0.717, 1.165) is 13.8 Å². The van der Waals surface area contributed by atoms with E-state index < -0.39 is 101 Å². The van der Waals surface area contributed by atoms with Crippen molar-refractivity contribution in [2.24, 2.45) is 0 Å². The van der Waals surface area contributed by atoms with E-state index in [4.69, 9.17) is 18.9 Å². The lowest BCUT2D eigenvalue weighted by Crippen LogP contribution is -2.61. The molecule has 1 heterocycles. The van der Waals surface area contributed by atoms with Crippen LogP contribution in [0.3, 0.4) is 0 Å². The Morgan fingerprint density at radius 1 is 1.09 bits per heavy atom. The lowest BCUT2D eigenvalue weighted by Gasteiger charge is -2.44. The molecule has 0 radical (unpaired) electrons. The molecule has 230 valence electrons. The number of phenols is 2. The Bertz CT molecular complexity index is 1540. The molecule has 43 heavy (non-hydrogen) atoms. The van der Waals surface area contributed by atoms with Gasteiger partial charge >= 0.3 is 5.97 Å². The molecule has 2 aromatic rings. The average molecular weight is 602 g/mol. The van der Waals surface area contributed by atoms with Gasteiger partial charge in [0.2, 0.25) is 5.78 Å². The lowest BCUT2D eigenvalue weighted by atomic mass is 9.72. The SMILES string of the molecule is CNC1C(C)OC(OC2CC(O)(C(C)=O)Cc3c(O)c4c(c(O)c32)C(=O)c2c(OC)cccc2C4=O)C(F)C1OC(C)=O. The fourth-order valence-electron chi connectivity index (χ4n) is 6.29. The second-order valence-corrected chi connectivity index (χ2v) is 11.0. The van der Waals surface area contributed by atoms with Crippen molar-refractivity contribution in [1.29, 1.82) is 0 Å². The Hall–Kier alpha value is -3.91. The number of benzene rings is 2. The standard InChI is InChI=1S/C30H32FNO11/c1-11-23(32-4)28(42-13(3)34)22(31)29(41-11)43-17-10-30(39,12(2)33)9-15-19(17)27(38)21-20(25(15)36)24(35)14-7-6-8-16(40-5)18(14)26(21)37/h6-8,11,17,22-23,28-29,32,36,38-39H,9-10H2,1-5H3. The van der Waals surface area contributed by atoms with Gasteiger partial charge in [-0.15, -0.1) is 0 Å². The van der Waals surface area contributed by atoms with Crippen molar-refractivity contribution in [2.45, 2.75) is 76.0 Å². The normalized spacial score (nSPS) is 29.7. The molecule has 1 aliphatic heterocycles. The molecule has 5 rings (SSSR count). The number of rotatable bonds is 6. The maximum absolute atomic E-state index is 15.9. The number of likely N-dealkylation sites (N-methyl/N-ethyl adjacent to an activating group) is 1. The summed E-state index contributed by atoms with van der Waals surface area (Å²) in [6.07, 6.45) is -8.47.